The van der Waals surface area contributed by atoms with Gasteiger partial charge in [-0.3, -0.25) is 4.79 Å². The van der Waals surface area contributed by atoms with Crippen LogP contribution in [-0.2, 0) is 14.3 Å². The number of nitrogens with zero attached hydrogens (tertiary/aromatic N) is 1. The van der Waals surface area contributed by atoms with Gasteiger partial charge in [0.15, 0.2) is 0 Å². The molecule has 0 aliphatic carbocycles. The van der Waals surface area contributed by atoms with Gasteiger partial charge in [-0.15, -0.1) is 0 Å². The third kappa shape index (κ3) is 8.56. The molecule has 0 aromatic heterocycles. The number of esters is 1. The van der Waals surface area contributed by atoms with Crippen molar-refractivity contribution in [3.63, 3.8) is 0 Å². The van der Waals surface area contributed by atoms with Gasteiger partial charge in [0, 0.05) is 24.7 Å². The minimum atomic E-state index is -0.479. The van der Waals surface area contributed by atoms with Crippen molar-refractivity contribution in [1.82, 2.24) is 10.2 Å². The second-order valence-electron chi connectivity index (χ2n) is 8.16. The molecule has 25 heavy (non-hydrogen) atoms. The molecule has 0 aromatic carbocycles. The Labute approximate surface area is 152 Å². The smallest absolute Gasteiger partial charge is 0.410 e. The summed E-state index contributed by atoms with van der Waals surface area (Å²) in [5.74, 6) is -0.211. The predicted molar refractivity (Wildman–Crippen MR) is 98.5 cm³/mol. The molecular weight excluding hydrogens is 320 g/mol. The molecule has 3 atom stereocenters. The van der Waals surface area contributed by atoms with Crippen molar-refractivity contribution in [2.24, 2.45) is 0 Å². The third-order valence-electron chi connectivity index (χ3n) is 4.40. The molecular formula is C19H36N2O4. The van der Waals surface area contributed by atoms with Gasteiger partial charge < -0.3 is 19.7 Å². The molecule has 146 valence electrons. The van der Waals surface area contributed by atoms with Gasteiger partial charge in [0.2, 0.25) is 0 Å². The van der Waals surface area contributed by atoms with Crippen molar-refractivity contribution in [2.45, 2.75) is 96.9 Å². The van der Waals surface area contributed by atoms with Crippen LogP contribution >= 0.6 is 0 Å². The number of hydrogen-bond acceptors (Lipinski definition) is 5. The number of hydrogen-bond donors (Lipinski definition) is 1. The van der Waals surface area contributed by atoms with Crippen molar-refractivity contribution in [3.05, 3.63) is 0 Å². The summed E-state index contributed by atoms with van der Waals surface area (Å²) in [6.07, 6.45) is 5.29. The van der Waals surface area contributed by atoms with Gasteiger partial charge in [-0.05, 0) is 53.9 Å². The number of likely N-dealkylation sites (tertiary alicyclic amines) is 1. The third-order valence-corrected chi connectivity index (χ3v) is 4.40. The van der Waals surface area contributed by atoms with Crippen molar-refractivity contribution in [2.75, 3.05) is 13.7 Å². The molecule has 0 bridgehead atoms. The number of methoxy groups -OCH3 is 1. The lowest BCUT2D eigenvalue weighted by molar-refractivity contribution is -0.141. The fourth-order valence-corrected chi connectivity index (χ4v) is 3.34. The number of ether oxygens (including phenoxy) is 2. The van der Waals surface area contributed by atoms with Crippen LogP contribution in [0.2, 0.25) is 0 Å². The molecule has 1 heterocycles. The average Bonchev–Trinajstić information content (AvgIpc) is 2.70. The zero-order valence-electron chi connectivity index (χ0n) is 16.8. The summed E-state index contributed by atoms with van der Waals surface area (Å²) in [5.41, 5.74) is -0.479. The first-order chi connectivity index (χ1) is 11.6. The van der Waals surface area contributed by atoms with Gasteiger partial charge in [0.1, 0.15) is 5.60 Å². The SMILES string of the molecule is COC(=O)CC(C)NC(C)CC1CCCCCN1C(=O)OC(C)(C)C. The van der Waals surface area contributed by atoms with E-state index in [0.717, 1.165) is 38.6 Å². The van der Waals surface area contributed by atoms with Gasteiger partial charge in [-0.1, -0.05) is 12.8 Å². The van der Waals surface area contributed by atoms with Gasteiger partial charge in [-0.2, -0.15) is 0 Å². The normalized spacial score (nSPS) is 21.2. The van der Waals surface area contributed by atoms with Crippen molar-refractivity contribution in [3.8, 4) is 0 Å². The number of carbonyl (C=O) groups is 2. The summed E-state index contributed by atoms with van der Waals surface area (Å²) in [6.45, 7) is 10.5. The van der Waals surface area contributed by atoms with Crippen LogP contribution in [0, 0.1) is 0 Å². The Kier molecular flexibility index (Phi) is 8.69. The molecule has 1 N–H and O–H groups in total. The number of amides is 1. The second kappa shape index (κ2) is 10.00. The topological polar surface area (TPSA) is 67.9 Å². The minimum absolute atomic E-state index is 0.0446. The molecule has 6 nitrogen and oxygen atoms in total. The molecule has 0 saturated carbocycles. The maximum absolute atomic E-state index is 12.6. The summed E-state index contributed by atoms with van der Waals surface area (Å²) in [7, 11) is 1.41. The van der Waals surface area contributed by atoms with Gasteiger partial charge in [0.25, 0.3) is 0 Å². The van der Waals surface area contributed by atoms with E-state index in [0.29, 0.717) is 6.42 Å². The molecule has 1 saturated heterocycles. The highest BCUT2D eigenvalue weighted by molar-refractivity contribution is 5.69. The van der Waals surface area contributed by atoms with Crippen LogP contribution in [0.15, 0.2) is 0 Å². The lowest BCUT2D eigenvalue weighted by Crippen LogP contribution is -2.46. The predicted octanol–water partition coefficient (Wildman–Crippen LogP) is 3.49. The highest BCUT2D eigenvalue weighted by Gasteiger charge is 2.30. The van der Waals surface area contributed by atoms with E-state index in [-0.39, 0.29) is 30.2 Å². The van der Waals surface area contributed by atoms with Crippen LogP contribution in [0.5, 0.6) is 0 Å². The van der Waals surface area contributed by atoms with Crippen LogP contribution < -0.4 is 5.32 Å². The Hall–Kier alpha value is -1.30. The summed E-state index contributed by atoms with van der Waals surface area (Å²) in [5, 5.41) is 3.44. The fraction of sp³-hybridized carbons (Fsp3) is 0.895. The first-order valence-corrected chi connectivity index (χ1v) is 9.45. The lowest BCUT2D eigenvalue weighted by atomic mass is 10.0. The Morgan fingerprint density at radius 1 is 1.16 bits per heavy atom. The highest BCUT2D eigenvalue weighted by Crippen LogP contribution is 2.23. The molecule has 1 aliphatic heterocycles. The standard InChI is InChI=1S/C19H36N2O4/c1-14(20-15(2)13-17(22)24-6)12-16-10-8-7-9-11-21(16)18(23)25-19(3,4)5/h14-16,20H,7-13H2,1-6H3. The van der Waals surface area contributed by atoms with Crippen LogP contribution in [0.3, 0.4) is 0 Å². The monoisotopic (exact) mass is 356 g/mol. The van der Waals surface area contributed by atoms with E-state index in [2.05, 4.69) is 12.2 Å². The molecule has 1 fully saturated rings. The first kappa shape index (κ1) is 21.7. The van der Waals surface area contributed by atoms with Crippen LogP contribution in [0.4, 0.5) is 4.79 Å². The van der Waals surface area contributed by atoms with E-state index in [4.69, 9.17) is 9.47 Å². The van der Waals surface area contributed by atoms with Crippen LogP contribution in [0.1, 0.15) is 73.1 Å². The zero-order chi connectivity index (χ0) is 19.0. The van der Waals surface area contributed by atoms with E-state index in [9.17, 15) is 9.59 Å². The fourth-order valence-electron chi connectivity index (χ4n) is 3.34. The van der Waals surface area contributed by atoms with E-state index in [1.54, 1.807) is 0 Å². The summed E-state index contributed by atoms with van der Waals surface area (Å²) in [4.78, 5) is 25.9. The molecule has 1 rings (SSSR count). The Morgan fingerprint density at radius 2 is 1.84 bits per heavy atom. The molecule has 0 aromatic rings. The zero-order valence-corrected chi connectivity index (χ0v) is 16.8. The largest absolute Gasteiger partial charge is 0.469 e. The van der Waals surface area contributed by atoms with Crippen LogP contribution in [-0.4, -0.2) is 54.3 Å². The van der Waals surface area contributed by atoms with E-state index in [1.807, 2.05) is 32.6 Å². The lowest BCUT2D eigenvalue weighted by Gasteiger charge is -2.34. The average molecular weight is 357 g/mol. The Balaban J connectivity index is 2.64. The molecule has 3 unspecified atom stereocenters. The van der Waals surface area contributed by atoms with Crippen molar-refractivity contribution >= 4 is 12.1 Å². The maximum atomic E-state index is 12.6. The molecule has 1 amide bonds. The van der Waals surface area contributed by atoms with Gasteiger partial charge >= 0.3 is 12.1 Å². The Morgan fingerprint density at radius 3 is 2.44 bits per heavy atom. The molecule has 0 spiro atoms. The molecule has 6 heteroatoms. The van der Waals surface area contributed by atoms with Crippen molar-refractivity contribution in [1.29, 1.82) is 0 Å². The Bertz CT molecular complexity index is 434. The van der Waals surface area contributed by atoms with E-state index < -0.39 is 5.60 Å². The maximum Gasteiger partial charge on any atom is 0.410 e. The first-order valence-electron chi connectivity index (χ1n) is 9.45. The molecule has 1 aliphatic rings. The quantitative estimate of drug-likeness (QED) is 0.738. The number of carbonyl (C=O) groups excluding carboxylic acids is 2. The van der Waals surface area contributed by atoms with Crippen molar-refractivity contribution < 1.29 is 19.1 Å². The highest BCUT2D eigenvalue weighted by atomic mass is 16.6. The van der Waals surface area contributed by atoms with Gasteiger partial charge in [-0.25, -0.2) is 4.79 Å². The summed E-state index contributed by atoms with van der Waals surface area (Å²) in [6, 6.07) is 0.418. The van der Waals surface area contributed by atoms with Gasteiger partial charge in [0.05, 0.1) is 13.5 Å². The number of rotatable bonds is 6. The summed E-state index contributed by atoms with van der Waals surface area (Å²) >= 11 is 0. The summed E-state index contributed by atoms with van der Waals surface area (Å²) < 4.78 is 10.3. The second-order valence-corrected chi connectivity index (χ2v) is 8.16. The van der Waals surface area contributed by atoms with Crippen LogP contribution in [0.25, 0.3) is 0 Å². The number of nitrogens with one attached hydrogen (secondary N) is 1. The minimum Gasteiger partial charge on any atom is -0.469 e. The molecule has 0 radical (unpaired) electrons. The van der Waals surface area contributed by atoms with E-state index in [1.165, 1.54) is 7.11 Å². The van der Waals surface area contributed by atoms with E-state index >= 15 is 0 Å².